The Morgan fingerprint density at radius 3 is 2.77 bits per heavy atom. The third-order valence-corrected chi connectivity index (χ3v) is 6.14. The van der Waals surface area contributed by atoms with E-state index in [0.29, 0.717) is 18.8 Å². The highest BCUT2D eigenvalue weighted by Crippen LogP contribution is 2.35. The topological polar surface area (TPSA) is 55.3 Å². The van der Waals surface area contributed by atoms with Crippen molar-refractivity contribution in [3.8, 4) is 16.9 Å². The van der Waals surface area contributed by atoms with Gasteiger partial charge in [0.05, 0.1) is 5.69 Å². The number of hydrogen-bond acceptors (Lipinski definition) is 4. The average molecular weight is 417 g/mol. The summed E-state index contributed by atoms with van der Waals surface area (Å²) in [7, 11) is 0. The van der Waals surface area contributed by atoms with Crippen LogP contribution in [-0.4, -0.2) is 40.0 Å². The smallest absolute Gasteiger partial charge is 0.264 e. The van der Waals surface area contributed by atoms with Gasteiger partial charge < -0.3 is 9.64 Å². The van der Waals surface area contributed by atoms with Crippen molar-refractivity contribution in [2.24, 2.45) is 0 Å². The van der Waals surface area contributed by atoms with Crippen LogP contribution in [0.4, 0.5) is 4.39 Å². The number of carbonyl (C=O) groups is 1. The number of benzene rings is 2. The summed E-state index contributed by atoms with van der Waals surface area (Å²) in [5, 5.41) is 0. The van der Waals surface area contributed by atoms with Crippen LogP contribution in [0.3, 0.4) is 0 Å². The number of likely N-dealkylation sites (tertiary alicyclic amines) is 1. The average Bonchev–Trinajstić information content (AvgIpc) is 3.24. The Kier molecular flexibility index (Phi) is 5.14. The van der Waals surface area contributed by atoms with Crippen LogP contribution in [0.15, 0.2) is 54.7 Å². The van der Waals surface area contributed by atoms with Gasteiger partial charge in [-0.1, -0.05) is 30.3 Å². The molecule has 0 spiro atoms. The van der Waals surface area contributed by atoms with E-state index in [4.69, 9.17) is 9.72 Å². The third kappa shape index (κ3) is 3.90. The number of para-hydroxylation sites is 1. The first kappa shape index (κ1) is 19.7. The van der Waals surface area contributed by atoms with Crippen LogP contribution in [0.2, 0.25) is 0 Å². The van der Waals surface area contributed by atoms with Gasteiger partial charge in [-0.2, -0.15) is 0 Å². The van der Waals surface area contributed by atoms with Crippen molar-refractivity contribution in [3.63, 3.8) is 0 Å². The quantitative estimate of drug-likeness (QED) is 0.638. The first-order chi connectivity index (χ1) is 15.1. The number of aromatic nitrogens is 2. The molecule has 5 rings (SSSR count). The first-order valence-corrected chi connectivity index (χ1v) is 10.7. The van der Waals surface area contributed by atoms with Gasteiger partial charge >= 0.3 is 0 Å². The zero-order chi connectivity index (χ0) is 21.4. The minimum Gasteiger partial charge on any atom is -0.480 e. The number of fused-ring (bicyclic) bond motifs is 1. The maximum absolute atomic E-state index is 13.4. The summed E-state index contributed by atoms with van der Waals surface area (Å²) in [6, 6.07) is 14.2. The lowest BCUT2D eigenvalue weighted by molar-refractivity contribution is -0.139. The Morgan fingerprint density at radius 2 is 1.97 bits per heavy atom. The highest BCUT2D eigenvalue weighted by atomic mass is 19.1. The molecular formula is C25H24FN3O2. The maximum Gasteiger partial charge on any atom is 0.264 e. The summed E-state index contributed by atoms with van der Waals surface area (Å²) in [6.07, 6.45) is 3.81. The summed E-state index contributed by atoms with van der Waals surface area (Å²) in [5.41, 5.74) is 3.79. The second-order valence-corrected chi connectivity index (χ2v) is 8.26. The fourth-order valence-electron chi connectivity index (χ4n) is 4.57. The SMILES string of the molecule is Cc1ncc(-c2ccc(F)cc2)c([C@H]2CCCN(C(=O)[C@H]3Cc4ccccc4O3)C2)n1. The molecule has 3 aromatic rings. The molecule has 1 fully saturated rings. The molecule has 5 nitrogen and oxygen atoms in total. The molecule has 6 heteroatoms. The van der Waals surface area contributed by atoms with Gasteiger partial charge in [-0.05, 0) is 49.1 Å². The number of aryl methyl sites for hydroxylation is 1. The molecule has 0 N–H and O–H groups in total. The molecule has 1 aromatic heterocycles. The van der Waals surface area contributed by atoms with Gasteiger partial charge in [0.15, 0.2) is 6.10 Å². The molecule has 2 aliphatic heterocycles. The van der Waals surface area contributed by atoms with Gasteiger partial charge in [0, 0.05) is 37.2 Å². The van der Waals surface area contributed by atoms with Gasteiger partial charge in [0.25, 0.3) is 5.91 Å². The van der Waals surface area contributed by atoms with E-state index in [-0.39, 0.29) is 17.6 Å². The van der Waals surface area contributed by atoms with Crippen molar-refractivity contribution >= 4 is 5.91 Å². The van der Waals surface area contributed by atoms with E-state index in [1.54, 1.807) is 12.1 Å². The molecule has 3 heterocycles. The maximum atomic E-state index is 13.4. The molecule has 0 bridgehead atoms. The van der Waals surface area contributed by atoms with E-state index in [1.807, 2.05) is 42.3 Å². The Labute approximate surface area is 180 Å². The van der Waals surface area contributed by atoms with Crippen LogP contribution < -0.4 is 4.74 Å². The zero-order valence-corrected chi connectivity index (χ0v) is 17.4. The summed E-state index contributed by atoms with van der Waals surface area (Å²) in [6.45, 7) is 3.19. The van der Waals surface area contributed by atoms with Gasteiger partial charge in [-0.3, -0.25) is 4.79 Å². The number of halogens is 1. The second kappa shape index (κ2) is 8.10. The minimum absolute atomic E-state index is 0.0370. The number of ether oxygens (including phenoxy) is 1. The summed E-state index contributed by atoms with van der Waals surface area (Å²) in [5.74, 6) is 1.36. The lowest BCUT2D eigenvalue weighted by atomic mass is 9.89. The molecule has 31 heavy (non-hydrogen) atoms. The highest BCUT2D eigenvalue weighted by molar-refractivity contribution is 5.83. The standard InChI is InChI=1S/C25H24FN3O2/c1-16-27-14-21(17-8-10-20(26)11-9-17)24(28-16)19-6-4-12-29(15-19)25(30)23-13-18-5-2-3-7-22(18)31-23/h2-3,5,7-11,14,19,23H,4,6,12-13,15H2,1H3/t19-,23+/m0/s1. The number of hydrogen-bond donors (Lipinski definition) is 0. The molecule has 2 atom stereocenters. The predicted molar refractivity (Wildman–Crippen MR) is 115 cm³/mol. The fraction of sp³-hybridized carbons (Fsp3) is 0.320. The Morgan fingerprint density at radius 1 is 1.16 bits per heavy atom. The predicted octanol–water partition coefficient (Wildman–Crippen LogP) is 4.30. The highest BCUT2D eigenvalue weighted by Gasteiger charge is 2.35. The number of rotatable bonds is 3. The summed E-state index contributed by atoms with van der Waals surface area (Å²) < 4.78 is 19.4. The van der Waals surface area contributed by atoms with Gasteiger partial charge in [-0.15, -0.1) is 0 Å². The van der Waals surface area contributed by atoms with E-state index >= 15 is 0 Å². The largest absolute Gasteiger partial charge is 0.480 e. The summed E-state index contributed by atoms with van der Waals surface area (Å²) in [4.78, 5) is 24.3. The van der Waals surface area contributed by atoms with Crippen LogP contribution in [0, 0.1) is 12.7 Å². The van der Waals surface area contributed by atoms with Crippen LogP contribution in [0.5, 0.6) is 5.75 Å². The number of carbonyl (C=O) groups excluding carboxylic acids is 1. The molecule has 1 amide bonds. The molecule has 0 aliphatic carbocycles. The van der Waals surface area contributed by atoms with Crippen molar-refractivity contribution in [1.82, 2.24) is 14.9 Å². The zero-order valence-electron chi connectivity index (χ0n) is 17.4. The van der Waals surface area contributed by atoms with Crippen molar-refractivity contribution in [2.75, 3.05) is 13.1 Å². The van der Waals surface area contributed by atoms with Crippen molar-refractivity contribution < 1.29 is 13.9 Å². The van der Waals surface area contributed by atoms with E-state index in [0.717, 1.165) is 47.5 Å². The van der Waals surface area contributed by atoms with Gasteiger partial charge in [-0.25, -0.2) is 14.4 Å². The fourth-order valence-corrected chi connectivity index (χ4v) is 4.57. The van der Waals surface area contributed by atoms with E-state index in [2.05, 4.69) is 4.98 Å². The molecule has 2 aromatic carbocycles. The van der Waals surface area contributed by atoms with Gasteiger partial charge in [0.2, 0.25) is 0 Å². The lowest BCUT2D eigenvalue weighted by Gasteiger charge is -2.34. The van der Waals surface area contributed by atoms with Crippen LogP contribution in [-0.2, 0) is 11.2 Å². The molecule has 0 radical (unpaired) electrons. The van der Waals surface area contributed by atoms with Crippen molar-refractivity contribution in [1.29, 1.82) is 0 Å². The summed E-state index contributed by atoms with van der Waals surface area (Å²) >= 11 is 0. The van der Waals surface area contributed by atoms with E-state index in [9.17, 15) is 9.18 Å². The molecule has 0 saturated carbocycles. The molecule has 1 saturated heterocycles. The molecule has 0 unspecified atom stereocenters. The number of amides is 1. The number of piperidine rings is 1. The van der Waals surface area contributed by atoms with Gasteiger partial charge in [0.1, 0.15) is 17.4 Å². The Hall–Kier alpha value is -3.28. The van der Waals surface area contributed by atoms with Crippen molar-refractivity contribution in [2.45, 2.75) is 38.2 Å². The van der Waals surface area contributed by atoms with E-state index < -0.39 is 6.10 Å². The molecule has 2 aliphatic rings. The first-order valence-electron chi connectivity index (χ1n) is 10.7. The monoisotopic (exact) mass is 417 g/mol. The molecular weight excluding hydrogens is 393 g/mol. The second-order valence-electron chi connectivity index (χ2n) is 8.26. The van der Waals surface area contributed by atoms with Crippen molar-refractivity contribution in [3.05, 3.63) is 77.6 Å². The normalized spacial score (nSPS) is 20.3. The number of nitrogens with zero attached hydrogens (tertiary/aromatic N) is 3. The van der Waals surface area contributed by atoms with Crippen LogP contribution in [0.1, 0.15) is 35.8 Å². The van der Waals surface area contributed by atoms with Crippen LogP contribution in [0.25, 0.3) is 11.1 Å². The van der Waals surface area contributed by atoms with E-state index in [1.165, 1.54) is 12.1 Å². The third-order valence-electron chi connectivity index (χ3n) is 6.14. The Bertz CT molecular complexity index is 1090. The lowest BCUT2D eigenvalue weighted by Crippen LogP contribution is -2.46. The Balaban J connectivity index is 1.38. The molecule has 158 valence electrons. The minimum atomic E-state index is -0.458. The van der Waals surface area contributed by atoms with Crippen LogP contribution >= 0.6 is 0 Å².